The molecule has 19 heavy (non-hydrogen) atoms. The standard InChI is InChI=1S/C15H18ClN3/c16-13-8-6-11(7-9-13)10-14-17-15(19-18-14)12-4-2-1-3-5-12/h6-9,12H,1-5,10H2,(H,17,18,19). The lowest BCUT2D eigenvalue weighted by atomic mass is 9.89. The molecule has 100 valence electrons. The summed E-state index contributed by atoms with van der Waals surface area (Å²) >= 11 is 5.88. The van der Waals surface area contributed by atoms with Gasteiger partial charge in [-0.25, -0.2) is 4.98 Å². The van der Waals surface area contributed by atoms with Gasteiger partial charge >= 0.3 is 0 Å². The zero-order chi connectivity index (χ0) is 13.1. The molecule has 1 heterocycles. The summed E-state index contributed by atoms with van der Waals surface area (Å²) < 4.78 is 0. The summed E-state index contributed by atoms with van der Waals surface area (Å²) in [7, 11) is 0. The molecule has 1 aromatic carbocycles. The summed E-state index contributed by atoms with van der Waals surface area (Å²) in [4.78, 5) is 4.65. The summed E-state index contributed by atoms with van der Waals surface area (Å²) in [5.41, 5.74) is 1.20. The number of benzene rings is 1. The molecule has 0 saturated heterocycles. The minimum atomic E-state index is 0.559. The highest BCUT2D eigenvalue weighted by molar-refractivity contribution is 6.30. The van der Waals surface area contributed by atoms with Gasteiger partial charge in [0.1, 0.15) is 5.82 Å². The number of hydrogen-bond acceptors (Lipinski definition) is 2. The Morgan fingerprint density at radius 1 is 1.11 bits per heavy atom. The summed E-state index contributed by atoms with van der Waals surface area (Å²) in [6, 6.07) is 7.89. The van der Waals surface area contributed by atoms with Gasteiger partial charge in [-0.1, -0.05) is 43.0 Å². The molecule has 4 heteroatoms. The Balaban J connectivity index is 1.68. The molecule has 1 aliphatic rings. The fourth-order valence-corrected chi connectivity index (χ4v) is 2.85. The number of aromatic nitrogens is 3. The van der Waals surface area contributed by atoms with Crippen LogP contribution in [0.5, 0.6) is 0 Å². The van der Waals surface area contributed by atoms with Crippen LogP contribution in [0.25, 0.3) is 0 Å². The first-order chi connectivity index (χ1) is 9.31. The minimum absolute atomic E-state index is 0.559. The highest BCUT2D eigenvalue weighted by Crippen LogP contribution is 2.30. The monoisotopic (exact) mass is 275 g/mol. The molecule has 0 atom stereocenters. The summed E-state index contributed by atoms with van der Waals surface area (Å²) in [6.07, 6.45) is 7.24. The maximum absolute atomic E-state index is 5.88. The molecule has 0 aliphatic heterocycles. The molecule has 1 aromatic heterocycles. The lowest BCUT2D eigenvalue weighted by Crippen LogP contribution is -2.06. The quantitative estimate of drug-likeness (QED) is 0.916. The molecule has 0 bridgehead atoms. The molecule has 0 radical (unpaired) electrons. The summed E-state index contributed by atoms with van der Waals surface area (Å²) in [6.45, 7) is 0. The van der Waals surface area contributed by atoms with Crippen LogP contribution in [0, 0.1) is 0 Å². The van der Waals surface area contributed by atoms with E-state index in [0.717, 1.165) is 23.1 Å². The Labute approximate surface area is 118 Å². The average Bonchev–Trinajstić information content (AvgIpc) is 2.91. The van der Waals surface area contributed by atoms with E-state index in [1.54, 1.807) is 0 Å². The second-order valence-corrected chi connectivity index (χ2v) is 5.71. The maximum atomic E-state index is 5.88. The molecule has 3 rings (SSSR count). The van der Waals surface area contributed by atoms with Crippen molar-refractivity contribution < 1.29 is 0 Å². The van der Waals surface area contributed by atoms with Crippen LogP contribution in [-0.2, 0) is 6.42 Å². The van der Waals surface area contributed by atoms with Gasteiger partial charge in [-0.2, -0.15) is 5.10 Å². The van der Waals surface area contributed by atoms with Crippen LogP contribution in [0.4, 0.5) is 0 Å². The number of nitrogens with zero attached hydrogens (tertiary/aromatic N) is 2. The van der Waals surface area contributed by atoms with Crippen molar-refractivity contribution in [2.24, 2.45) is 0 Å². The second-order valence-electron chi connectivity index (χ2n) is 5.28. The van der Waals surface area contributed by atoms with Crippen LogP contribution >= 0.6 is 11.6 Å². The smallest absolute Gasteiger partial charge is 0.153 e. The van der Waals surface area contributed by atoms with Gasteiger partial charge in [0.2, 0.25) is 0 Å². The number of H-pyrrole nitrogens is 1. The van der Waals surface area contributed by atoms with Crippen LogP contribution in [0.1, 0.15) is 55.2 Å². The fourth-order valence-electron chi connectivity index (χ4n) is 2.73. The van der Waals surface area contributed by atoms with Gasteiger partial charge in [0.25, 0.3) is 0 Å². The molecule has 1 aliphatic carbocycles. The highest BCUT2D eigenvalue weighted by Gasteiger charge is 2.19. The average molecular weight is 276 g/mol. The van der Waals surface area contributed by atoms with Crippen molar-refractivity contribution in [3.05, 3.63) is 46.5 Å². The molecule has 0 amide bonds. The van der Waals surface area contributed by atoms with Crippen molar-refractivity contribution in [2.45, 2.75) is 44.4 Å². The van der Waals surface area contributed by atoms with Gasteiger partial charge in [0, 0.05) is 17.4 Å². The van der Waals surface area contributed by atoms with Crippen LogP contribution in [-0.4, -0.2) is 15.2 Å². The van der Waals surface area contributed by atoms with E-state index in [0.29, 0.717) is 5.92 Å². The van der Waals surface area contributed by atoms with Crippen LogP contribution in [0.3, 0.4) is 0 Å². The Hall–Kier alpha value is -1.35. The molecule has 0 unspecified atom stereocenters. The van der Waals surface area contributed by atoms with E-state index < -0.39 is 0 Å². The summed E-state index contributed by atoms with van der Waals surface area (Å²) in [5, 5.41) is 8.23. The molecule has 0 spiro atoms. The third kappa shape index (κ3) is 3.16. The minimum Gasteiger partial charge on any atom is -0.263 e. The predicted octanol–water partition coefficient (Wildman–Crippen LogP) is 4.10. The molecule has 1 saturated carbocycles. The molecular weight excluding hydrogens is 258 g/mol. The fraction of sp³-hybridized carbons (Fsp3) is 0.467. The Bertz CT molecular complexity index is 527. The predicted molar refractivity (Wildman–Crippen MR) is 76.5 cm³/mol. The van der Waals surface area contributed by atoms with Crippen molar-refractivity contribution in [1.29, 1.82) is 0 Å². The van der Waals surface area contributed by atoms with E-state index in [-0.39, 0.29) is 0 Å². The number of nitrogens with one attached hydrogen (secondary N) is 1. The van der Waals surface area contributed by atoms with Crippen LogP contribution in [0.15, 0.2) is 24.3 Å². The van der Waals surface area contributed by atoms with Gasteiger partial charge in [-0.05, 0) is 30.5 Å². The third-order valence-corrected chi connectivity index (χ3v) is 4.06. The van der Waals surface area contributed by atoms with Gasteiger partial charge < -0.3 is 0 Å². The van der Waals surface area contributed by atoms with E-state index in [4.69, 9.17) is 11.6 Å². The number of hydrogen-bond donors (Lipinski definition) is 1. The van der Waals surface area contributed by atoms with E-state index in [9.17, 15) is 0 Å². The van der Waals surface area contributed by atoms with Gasteiger partial charge in [0.05, 0.1) is 0 Å². The Morgan fingerprint density at radius 3 is 2.58 bits per heavy atom. The first kappa shape index (κ1) is 12.7. The Morgan fingerprint density at radius 2 is 1.84 bits per heavy atom. The van der Waals surface area contributed by atoms with Crippen molar-refractivity contribution in [3.8, 4) is 0 Å². The second kappa shape index (κ2) is 5.74. The third-order valence-electron chi connectivity index (χ3n) is 3.80. The number of aromatic amines is 1. The maximum Gasteiger partial charge on any atom is 0.153 e. The van der Waals surface area contributed by atoms with Gasteiger partial charge in [-0.15, -0.1) is 0 Å². The van der Waals surface area contributed by atoms with Gasteiger partial charge in [0.15, 0.2) is 5.82 Å². The first-order valence-electron chi connectivity index (χ1n) is 6.97. The van der Waals surface area contributed by atoms with Crippen molar-refractivity contribution in [2.75, 3.05) is 0 Å². The zero-order valence-corrected chi connectivity index (χ0v) is 11.7. The summed E-state index contributed by atoms with van der Waals surface area (Å²) in [5.74, 6) is 2.51. The van der Waals surface area contributed by atoms with Crippen molar-refractivity contribution >= 4 is 11.6 Å². The van der Waals surface area contributed by atoms with E-state index >= 15 is 0 Å². The van der Waals surface area contributed by atoms with E-state index in [1.807, 2.05) is 24.3 Å². The SMILES string of the molecule is Clc1ccc(Cc2nc(C3CCCCC3)n[nH]2)cc1. The molecule has 3 nitrogen and oxygen atoms in total. The number of halogens is 1. The largest absolute Gasteiger partial charge is 0.263 e. The van der Waals surface area contributed by atoms with E-state index in [1.165, 1.54) is 37.7 Å². The zero-order valence-electron chi connectivity index (χ0n) is 10.9. The molecular formula is C15H18ClN3. The van der Waals surface area contributed by atoms with Crippen LogP contribution in [0.2, 0.25) is 5.02 Å². The molecule has 1 N–H and O–H groups in total. The molecule has 1 fully saturated rings. The van der Waals surface area contributed by atoms with Crippen molar-refractivity contribution in [3.63, 3.8) is 0 Å². The van der Waals surface area contributed by atoms with Crippen molar-refractivity contribution in [1.82, 2.24) is 15.2 Å². The topological polar surface area (TPSA) is 41.6 Å². The van der Waals surface area contributed by atoms with E-state index in [2.05, 4.69) is 15.2 Å². The normalized spacial score (nSPS) is 16.7. The lowest BCUT2D eigenvalue weighted by Gasteiger charge is -2.17. The van der Waals surface area contributed by atoms with Gasteiger partial charge in [-0.3, -0.25) is 5.10 Å². The van der Waals surface area contributed by atoms with Crippen LogP contribution < -0.4 is 0 Å². The lowest BCUT2D eigenvalue weighted by molar-refractivity contribution is 0.429. The highest BCUT2D eigenvalue weighted by atomic mass is 35.5. The number of rotatable bonds is 3. The Kier molecular flexibility index (Phi) is 3.83. The first-order valence-corrected chi connectivity index (χ1v) is 7.35. The molecule has 2 aromatic rings.